The molecule has 1 aromatic carbocycles. The molecule has 2 nitrogen and oxygen atoms in total. The van der Waals surface area contributed by atoms with Crippen LogP contribution in [0.4, 0.5) is 5.69 Å². The second-order valence-corrected chi connectivity index (χ2v) is 4.12. The molecule has 2 heterocycles. The Hall–Kier alpha value is -1.83. The standard InChI is InChI=1S/C14H14N2/c1-2-8-15-13(5-1)12-6-7-14-11(10-12)4-3-9-16-14/h1-2,5-8,10,16H,3-4,9H2. The van der Waals surface area contributed by atoms with E-state index in [1.165, 1.54) is 29.7 Å². The predicted molar refractivity (Wildman–Crippen MR) is 66.5 cm³/mol. The smallest absolute Gasteiger partial charge is 0.0702 e. The number of nitrogens with zero attached hydrogens (tertiary/aromatic N) is 1. The first kappa shape index (κ1) is 9.40. The summed E-state index contributed by atoms with van der Waals surface area (Å²) in [7, 11) is 0. The number of fused-ring (bicyclic) bond motifs is 1. The third kappa shape index (κ3) is 1.67. The van der Waals surface area contributed by atoms with Crippen LogP contribution in [-0.2, 0) is 6.42 Å². The minimum Gasteiger partial charge on any atom is -0.385 e. The van der Waals surface area contributed by atoms with Crippen molar-refractivity contribution in [1.29, 1.82) is 0 Å². The molecule has 0 radical (unpaired) electrons. The van der Waals surface area contributed by atoms with Crippen LogP contribution < -0.4 is 5.32 Å². The normalized spacial score (nSPS) is 14.0. The highest BCUT2D eigenvalue weighted by Crippen LogP contribution is 2.27. The topological polar surface area (TPSA) is 24.9 Å². The Kier molecular flexibility index (Phi) is 2.33. The van der Waals surface area contributed by atoms with Crippen molar-refractivity contribution in [3.8, 4) is 11.3 Å². The highest BCUT2D eigenvalue weighted by Gasteiger charge is 2.09. The molecule has 0 unspecified atom stereocenters. The number of benzene rings is 1. The lowest BCUT2D eigenvalue weighted by molar-refractivity contribution is 0.830. The van der Waals surface area contributed by atoms with Crippen molar-refractivity contribution in [2.75, 3.05) is 11.9 Å². The second kappa shape index (κ2) is 3.97. The lowest BCUT2D eigenvalue weighted by Crippen LogP contribution is -2.11. The summed E-state index contributed by atoms with van der Waals surface area (Å²) in [6.45, 7) is 1.09. The molecule has 1 aliphatic rings. The fraction of sp³-hybridized carbons (Fsp3) is 0.214. The zero-order valence-corrected chi connectivity index (χ0v) is 9.11. The Bertz CT molecular complexity index is 491. The van der Waals surface area contributed by atoms with Crippen molar-refractivity contribution in [2.45, 2.75) is 12.8 Å². The number of pyridine rings is 1. The van der Waals surface area contributed by atoms with Gasteiger partial charge in [0.05, 0.1) is 5.69 Å². The molecule has 0 spiro atoms. The number of rotatable bonds is 1. The van der Waals surface area contributed by atoms with E-state index in [4.69, 9.17) is 0 Å². The van der Waals surface area contributed by atoms with E-state index in [0.717, 1.165) is 12.2 Å². The fourth-order valence-electron chi connectivity index (χ4n) is 2.17. The van der Waals surface area contributed by atoms with Crippen molar-refractivity contribution in [3.05, 3.63) is 48.2 Å². The van der Waals surface area contributed by atoms with Gasteiger partial charge in [0, 0.05) is 24.0 Å². The Morgan fingerprint density at radius 1 is 1.12 bits per heavy atom. The van der Waals surface area contributed by atoms with Gasteiger partial charge >= 0.3 is 0 Å². The molecule has 0 aliphatic carbocycles. The summed E-state index contributed by atoms with van der Waals surface area (Å²) in [6, 6.07) is 12.6. The van der Waals surface area contributed by atoms with Crippen LogP contribution in [0.25, 0.3) is 11.3 Å². The average Bonchev–Trinajstić information content (AvgIpc) is 2.39. The van der Waals surface area contributed by atoms with E-state index < -0.39 is 0 Å². The number of hydrogen-bond acceptors (Lipinski definition) is 2. The van der Waals surface area contributed by atoms with Crippen LogP contribution in [0.2, 0.25) is 0 Å². The van der Waals surface area contributed by atoms with Crippen molar-refractivity contribution in [2.24, 2.45) is 0 Å². The molecule has 0 saturated heterocycles. The number of anilines is 1. The first-order valence-electron chi connectivity index (χ1n) is 5.72. The third-order valence-corrected chi connectivity index (χ3v) is 3.00. The van der Waals surface area contributed by atoms with E-state index in [-0.39, 0.29) is 0 Å². The van der Waals surface area contributed by atoms with E-state index in [1.54, 1.807) is 0 Å². The van der Waals surface area contributed by atoms with Crippen LogP contribution in [-0.4, -0.2) is 11.5 Å². The summed E-state index contributed by atoms with van der Waals surface area (Å²) in [6.07, 6.45) is 4.23. The number of aryl methyl sites for hydroxylation is 1. The highest BCUT2D eigenvalue weighted by molar-refractivity contribution is 5.66. The van der Waals surface area contributed by atoms with Gasteiger partial charge in [-0.3, -0.25) is 4.98 Å². The lowest BCUT2D eigenvalue weighted by atomic mass is 9.99. The van der Waals surface area contributed by atoms with E-state index in [9.17, 15) is 0 Å². The monoisotopic (exact) mass is 210 g/mol. The minimum atomic E-state index is 1.05. The first-order chi connectivity index (χ1) is 7.93. The molecule has 80 valence electrons. The largest absolute Gasteiger partial charge is 0.385 e. The van der Waals surface area contributed by atoms with Gasteiger partial charge in [-0.25, -0.2) is 0 Å². The lowest BCUT2D eigenvalue weighted by Gasteiger charge is -2.18. The minimum absolute atomic E-state index is 1.05. The molecule has 0 saturated carbocycles. The Morgan fingerprint density at radius 3 is 3.00 bits per heavy atom. The fourth-order valence-corrected chi connectivity index (χ4v) is 2.17. The van der Waals surface area contributed by atoms with Gasteiger partial charge in [0.1, 0.15) is 0 Å². The van der Waals surface area contributed by atoms with Gasteiger partial charge in [0.15, 0.2) is 0 Å². The molecule has 0 bridgehead atoms. The zero-order valence-electron chi connectivity index (χ0n) is 9.11. The molecule has 1 aromatic heterocycles. The van der Waals surface area contributed by atoms with Crippen molar-refractivity contribution >= 4 is 5.69 Å². The maximum atomic E-state index is 4.38. The molecule has 2 aromatic rings. The van der Waals surface area contributed by atoms with Crippen molar-refractivity contribution in [1.82, 2.24) is 4.98 Å². The van der Waals surface area contributed by atoms with Crippen LogP contribution in [0, 0.1) is 0 Å². The van der Waals surface area contributed by atoms with Crippen LogP contribution in [0.15, 0.2) is 42.6 Å². The van der Waals surface area contributed by atoms with Gasteiger partial charge in [-0.2, -0.15) is 0 Å². The van der Waals surface area contributed by atoms with Crippen molar-refractivity contribution in [3.63, 3.8) is 0 Å². The van der Waals surface area contributed by atoms with Gasteiger partial charge in [-0.05, 0) is 42.7 Å². The third-order valence-electron chi connectivity index (χ3n) is 3.00. The van der Waals surface area contributed by atoms with Gasteiger partial charge in [-0.15, -0.1) is 0 Å². The predicted octanol–water partition coefficient (Wildman–Crippen LogP) is 3.11. The van der Waals surface area contributed by atoms with Crippen LogP contribution in [0.3, 0.4) is 0 Å². The van der Waals surface area contributed by atoms with E-state index >= 15 is 0 Å². The second-order valence-electron chi connectivity index (χ2n) is 4.12. The molecule has 0 fully saturated rings. The molecule has 3 rings (SSSR count). The van der Waals surface area contributed by atoms with E-state index in [2.05, 4.69) is 34.6 Å². The van der Waals surface area contributed by atoms with Gasteiger partial charge in [0.2, 0.25) is 0 Å². The number of nitrogens with one attached hydrogen (secondary N) is 1. The first-order valence-corrected chi connectivity index (χ1v) is 5.72. The van der Waals surface area contributed by atoms with Crippen molar-refractivity contribution < 1.29 is 0 Å². The highest BCUT2D eigenvalue weighted by atomic mass is 14.9. The van der Waals surface area contributed by atoms with Gasteiger partial charge < -0.3 is 5.32 Å². The molecular weight excluding hydrogens is 196 g/mol. The summed E-state index contributed by atoms with van der Waals surface area (Å²) in [5.41, 5.74) is 4.96. The molecule has 0 atom stereocenters. The quantitative estimate of drug-likeness (QED) is 0.782. The summed E-state index contributed by atoms with van der Waals surface area (Å²) in [5.74, 6) is 0. The molecular formula is C14H14N2. The maximum Gasteiger partial charge on any atom is 0.0702 e. The number of hydrogen-bond donors (Lipinski definition) is 1. The summed E-state index contributed by atoms with van der Waals surface area (Å²) < 4.78 is 0. The van der Waals surface area contributed by atoms with E-state index in [0.29, 0.717) is 0 Å². The SMILES string of the molecule is c1ccc(-c2ccc3c(c2)CCCN3)nc1. The molecule has 1 aliphatic heterocycles. The van der Waals surface area contributed by atoms with Gasteiger partial charge in [0.25, 0.3) is 0 Å². The maximum absolute atomic E-state index is 4.38. The Labute approximate surface area is 95.3 Å². The summed E-state index contributed by atoms with van der Waals surface area (Å²) in [4.78, 5) is 4.38. The summed E-state index contributed by atoms with van der Waals surface area (Å²) in [5, 5.41) is 3.42. The summed E-state index contributed by atoms with van der Waals surface area (Å²) >= 11 is 0. The molecule has 0 amide bonds. The van der Waals surface area contributed by atoms with Crippen LogP contribution >= 0.6 is 0 Å². The molecule has 16 heavy (non-hydrogen) atoms. The van der Waals surface area contributed by atoms with Crippen LogP contribution in [0.5, 0.6) is 0 Å². The van der Waals surface area contributed by atoms with E-state index in [1.807, 2.05) is 18.3 Å². The Balaban J connectivity index is 2.03. The molecule has 2 heteroatoms. The van der Waals surface area contributed by atoms with Gasteiger partial charge in [-0.1, -0.05) is 12.1 Å². The number of aromatic nitrogens is 1. The average molecular weight is 210 g/mol. The van der Waals surface area contributed by atoms with Crippen LogP contribution in [0.1, 0.15) is 12.0 Å². The Morgan fingerprint density at radius 2 is 2.12 bits per heavy atom. The zero-order chi connectivity index (χ0) is 10.8. The molecule has 1 N–H and O–H groups in total.